The molecule has 0 radical (unpaired) electrons. The number of hydrogen-bond donors (Lipinski definition) is 2. The van der Waals surface area contributed by atoms with Crippen LogP contribution in [-0.2, 0) is 4.74 Å². The van der Waals surface area contributed by atoms with Gasteiger partial charge < -0.3 is 15.2 Å². The third-order valence-corrected chi connectivity index (χ3v) is 4.20. The van der Waals surface area contributed by atoms with Crippen LogP contribution >= 0.6 is 11.8 Å². The van der Waals surface area contributed by atoms with Gasteiger partial charge in [0.05, 0.1) is 6.10 Å². The first kappa shape index (κ1) is 14.3. The summed E-state index contributed by atoms with van der Waals surface area (Å²) in [5.74, 6) is 2.23. The minimum atomic E-state index is 0.321. The van der Waals surface area contributed by atoms with Crippen LogP contribution in [0, 0.1) is 0 Å². The van der Waals surface area contributed by atoms with Crippen LogP contribution < -0.4 is 5.32 Å². The molecule has 0 aromatic carbocycles. The van der Waals surface area contributed by atoms with Crippen molar-refractivity contribution >= 4 is 11.8 Å². The highest BCUT2D eigenvalue weighted by molar-refractivity contribution is 7.99. The maximum atomic E-state index is 8.63. The van der Waals surface area contributed by atoms with Gasteiger partial charge >= 0.3 is 0 Å². The molecule has 1 aliphatic rings. The zero-order valence-electron chi connectivity index (χ0n) is 10.3. The maximum Gasteiger partial charge on any atom is 0.0572 e. The highest BCUT2D eigenvalue weighted by Crippen LogP contribution is 2.20. The third kappa shape index (κ3) is 6.09. The number of aliphatic hydroxyl groups excluding tert-OH is 1. The number of nitrogens with one attached hydrogen (secondary N) is 1. The molecule has 1 saturated carbocycles. The Labute approximate surface area is 103 Å². The molecule has 96 valence electrons. The van der Waals surface area contributed by atoms with Crippen LogP contribution in [0.25, 0.3) is 0 Å². The fourth-order valence-corrected chi connectivity index (χ4v) is 2.91. The zero-order valence-corrected chi connectivity index (χ0v) is 11.1. The van der Waals surface area contributed by atoms with Crippen LogP contribution in [0.15, 0.2) is 0 Å². The number of thioether (sulfide) groups is 1. The van der Waals surface area contributed by atoms with Crippen LogP contribution in [-0.4, -0.2) is 49.0 Å². The van der Waals surface area contributed by atoms with E-state index in [-0.39, 0.29) is 0 Å². The Hall–Kier alpha value is 0.230. The number of aliphatic hydroxyl groups is 1. The quantitative estimate of drug-likeness (QED) is 0.640. The largest absolute Gasteiger partial charge is 0.396 e. The topological polar surface area (TPSA) is 41.5 Å². The molecule has 2 N–H and O–H groups in total. The lowest BCUT2D eigenvalue weighted by Gasteiger charge is -2.28. The molecule has 0 spiro atoms. The van der Waals surface area contributed by atoms with Gasteiger partial charge in [0, 0.05) is 32.1 Å². The smallest absolute Gasteiger partial charge is 0.0572 e. The second-order valence-electron chi connectivity index (χ2n) is 4.35. The standard InChI is InChI=1S/C12H25NO2S/c1-15-12-5-3-11(4-6-12)13-7-10-16-9-2-8-14/h11-14H,2-10H2,1H3. The van der Waals surface area contributed by atoms with Crippen molar-refractivity contribution in [1.82, 2.24) is 5.32 Å². The Morgan fingerprint density at radius 3 is 2.62 bits per heavy atom. The Morgan fingerprint density at radius 1 is 1.25 bits per heavy atom. The van der Waals surface area contributed by atoms with Crippen LogP contribution in [0.2, 0.25) is 0 Å². The van der Waals surface area contributed by atoms with E-state index in [2.05, 4.69) is 5.32 Å². The van der Waals surface area contributed by atoms with E-state index in [1.54, 1.807) is 0 Å². The zero-order chi connectivity index (χ0) is 11.6. The number of rotatable bonds is 8. The molecule has 0 aromatic rings. The summed E-state index contributed by atoms with van der Waals surface area (Å²) in [4.78, 5) is 0. The van der Waals surface area contributed by atoms with E-state index in [9.17, 15) is 0 Å². The van der Waals surface area contributed by atoms with Gasteiger partial charge in [0.1, 0.15) is 0 Å². The van der Waals surface area contributed by atoms with Gasteiger partial charge in [0.15, 0.2) is 0 Å². The molecular weight excluding hydrogens is 222 g/mol. The summed E-state index contributed by atoms with van der Waals surface area (Å²) in [7, 11) is 1.82. The van der Waals surface area contributed by atoms with Crippen molar-refractivity contribution in [1.29, 1.82) is 0 Å². The second kappa shape index (κ2) is 9.28. The Morgan fingerprint density at radius 2 is 2.00 bits per heavy atom. The summed E-state index contributed by atoms with van der Waals surface area (Å²) in [5, 5.41) is 12.2. The average Bonchev–Trinajstić information content (AvgIpc) is 2.34. The highest BCUT2D eigenvalue weighted by atomic mass is 32.2. The molecule has 0 unspecified atom stereocenters. The maximum absolute atomic E-state index is 8.63. The fourth-order valence-electron chi connectivity index (χ4n) is 2.11. The van der Waals surface area contributed by atoms with Crippen molar-refractivity contribution in [3.63, 3.8) is 0 Å². The SMILES string of the molecule is COC1CCC(NCCSCCCO)CC1. The third-order valence-electron chi connectivity index (χ3n) is 3.13. The number of ether oxygens (including phenoxy) is 1. The van der Waals surface area contributed by atoms with Gasteiger partial charge in [0.2, 0.25) is 0 Å². The van der Waals surface area contributed by atoms with Crippen molar-refractivity contribution in [3.05, 3.63) is 0 Å². The van der Waals surface area contributed by atoms with Crippen LogP contribution in [0.4, 0.5) is 0 Å². The monoisotopic (exact) mass is 247 g/mol. The molecule has 0 aromatic heterocycles. The first-order chi connectivity index (χ1) is 7.86. The number of hydrogen-bond acceptors (Lipinski definition) is 4. The molecule has 16 heavy (non-hydrogen) atoms. The molecule has 1 aliphatic carbocycles. The van der Waals surface area contributed by atoms with Crippen molar-refractivity contribution in [2.45, 2.75) is 44.2 Å². The summed E-state index contributed by atoms with van der Waals surface area (Å²) in [5.41, 5.74) is 0. The minimum Gasteiger partial charge on any atom is -0.396 e. The van der Waals surface area contributed by atoms with Gasteiger partial charge in [-0.1, -0.05) is 0 Å². The highest BCUT2D eigenvalue weighted by Gasteiger charge is 2.19. The predicted molar refractivity (Wildman–Crippen MR) is 70.1 cm³/mol. The van der Waals surface area contributed by atoms with E-state index in [0.717, 1.165) is 24.5 Å². The first-order valence-corrected chi connectivity index (χ1v) is 7.47. The molecule has 0 amide bonds. The van der Waals surface area contributed by atoms with Gasteiger partial charge in [-0.05, 0) is 37.9 Å². The van der Waals surface area contributed by atoms with E-state index in [1.165, 1.54) is 25.7 Å². The van der Waals surface area contributed by atoms with E-state index in [0.29, 0.717) is 18.8 Å². The summed E-state index contributed by atoms with van der Waals surface area (Å²) in [6.07, 6.45) is 6.32. The summed E-state index contributed by atoms with van der Waals surface area (Å²) < 4.78 is 5.35. The van der Waals surface area contributed by atoms with Crippen molar-refractivity contribution < 1.29 is 9.84 Å². The lowest BCUT2D eigenvalue weighted by atomic mass is 9.93. The number of methoxy groups -OCH3 is 1. The molecule has 3 nitrogen and oxygen atoms in total. The molecule has 0 bridgehead atoms. The van der Waals surface area contributed by atoms with Gasteiger partial charge in [-0.2, -0.15) is 11.8 Å². The van der Waals surface area contributed by atoms with Gasteiger partial charge in [0.25, 0.3) is 0 Å². The second-order valence-corrected chi connectivity index (χ2v) is 5.58. The summed E-state index contributed by atoms with van der Waals surface area (Å²) >= 11 is 1.92. The predicted octanol–water partition coefficient (Wildman–Crippen LogP) is 1.65. The lowest BCUT2D eigenvalue weighted by molar-refractivity contribution is 0.0628. The summed E-state index contributed by atoms with van der Waals surface area (Å²) in [6, 6.07) is 0.699. The van der Waals surface area contributed by atoms with E-state index >= 15 is 0 Å². The molecule has 0 heterocycles. The van der Waals surface area contributed by atoms with Crippen molar-refractivity contribution in [3.8, 4) is 0 Å². The van der Waals surface area contributed by atoms with Gasteiger partial charge in [-0.15, -0.1) is 0 Å². The molecule has 0 aliphatic heterocycles. The molecule has 1 rings (SSSR count). The minimum absolute atomic E-state index is 0.321. The fraction of sp³-hybridized carbons (Fsp3) is 1.00. The van der Waals surface area contributed by atoms with E-state index < -0.39 is 0 Å². The van der Waals surface area contributed by atoms with E-state index in [4.69, 9.17) is 9.84 Å². The first-order valence-electron chi connectivity index (χ1n) is 6.31. The van der Waals surface area contributed by atoms with Crippen LogP contribution in [0.3, 0.4) is 0 Å². The van der Waals surface area contributed by atoms with Crippen molar-refractivity contribution in [2.75, 3.05) is 31.8 Å². The molecule has 0 saturated heterocycles. The van der Waals surface area contributed by atoms with Gasteiger partial charge in [-0.3, -0.25) is 0 Å². The van der Waals surface area contributed by atoms with Crippen molar-refractivity contribution in [2.24, 2.45) is 0 Å². The molecule has 0 atom stereocenters. The average molecular weight is 247 g/mol. The normalized spacial score (nSPS) is 25.9. The molecular formula is C12H25NO2S. The van der Waals surface area contributed by atoms with Crippen LogP contribution in [0.5, 0.6) is 0 Å². The van der Waals surface area contributed by atoms with Crippen LogP contribution in [0.1, 0.15) is 32.1 Å². The van der Waals surface area contributed by atoms with Gasteiger partial charge in [-0.25, -0.2) is 0 Å². The Balaban J connectivity index is 1.90. The molecule has 1 fully saturated rings. The lowest BCUT2D eigenvalue weighted by Crippen LogP contribution is -2.36. The Bertz CT molecular complexity index is 161. The summed E-state index contributed by atoms with van der Waals surface area (Å²) in [6.45, 7) is 1.42. The molecule has 4 heteroatoms. The Kier molecular flexibility index (Phi) is 8.29. The van der Waals surface area contributed by atoms with E-state index in [1.807, 2.05) is 18.9 Å².